The SMILES string of the molecule is COc1cc(Br)ccc1C(=O)NC1CCN(CC#N)CC1. The molecule has 2 rings (SSSR count). The van der Waals surface area contributed by atoms with Crippen LogP contribution in [-0.2, 0) is 0 Å². The Labute approximate surface area is 133 Å². The highest BCUT2D eigenvalue weighted by molar-refractivity contribution is 9.10. The maximum absolute atomic E-state index is 12.3. The lowest BCUT2D eigenvalue weighted by molar-refractivity contribution is 0.0911. The third kappa shape index (κ3) is 4.19. The van der Waals surface area contributed by atoms with Crippen molar-refractivity contribution in [2.24, 2.45) is 0 Å². The first-order chi connectivity index (χ1) is 10.1. The quantitative estimate of drug-likeness (QED) is 0.844. The lowest BCUT2D eigenvalue weighted by Gasteiger charge is -2.30. The number of likely N-dealkylation sites (tertiary alicyclic amines) is 1. The third-order valence-corrected chi connectivity index (χ3v) is 4.12. The van der Waals surface area contributed by atoms with Gasteiger partial charge < -0.3 is 10.1 Å². The monoisotopic (exact) mass is 351 g/mol. The van der Waals surface area contributed by atoms with Crippen LogP contribution in [-0.4, -0.2) is 43.6 Å². The minimum absolute atomic E-state index is 0.113. The summed E-state index contributed by atoms with van der Waals surface area (Å²) in [6, 6.07) is 7.67. The van der Waals surface area contributed by atoms with Crippen molar-refractivity contribution in [3.63, 3.8) is 0 Å². The zero-order valence-corrected chi connectivity index (χ0v) is 13.5. The minimum Gasteiger partial charge on any atom is -0.496 e. The van der Waals surface area contributed by atoms with Gasteiger partial charge in [0, 0.05) is 23.6 Å². The molecule has 1 amide bonds. The van der Waals surface area contributed by atoms with Gasteiger partial charge in [-0.3, -0.25) is 9.69 Å². The molecule has 21 heavy (non-hydrogen) atoms. The smallest absolute Gasteiger partial charge is 0.255 e. The van der Waals surface area contributed by atoms with Crippen LogP contribution < -0.4 is 10.1 Å². The van der Waals surface area contributed by atoms with Gasteiger partial charge in [-0.15, -0.1) is 0 Å². The number of hydrogen-bond donors (Lipinski definition) is 1. The second kappa shape index (κ2) is 7.43. The van der Waals surface area contributed by atoms with Crippen molar-refractivity contribution >= 4 is 21.8 Å². The first-order valence-corrected chi connectivity index (χ1v) is 7.67. The van der Waals surface area contributed by atoms with Crippen molar-refractivity contribution < 1.29 is 9.53 Å². The Bertz CT molecular complexity index is 548. The molecule has 1 N–H and O–H groups in total. The predicted molar refractivity (Wildman–Crippen MR) is 83.2 cm³/mol. The van der Waals surface area contributed by atoms with Crippen LogP contribution in [0.1, 0.15) is 23.2 Å². The van der Waals surface area contributed by atoms with Crippen molar-refractivity contribution in [2.45, 2.75) is 18.9 Å². The van der Waals surface area contributed by atoms with E-state index in [1.165, 1.54) is 0 Å². The predicted octanol–water partition coefficient (Wildman–Crippen LogP) is 2.18. The van der Waals surface area contributed by atoms with Crippen LogP contribution >= 0.6 is 15.9 Å². The van der Waals surface area contributed by atoms with E-state index in [1.807, 2.05) is 6.07 Å². The Morgan fingerprint density at radius 3 is 2.86 bits per heavy atom. The number of nitriles is 1. The number of carbonyl (C=O) groups excluding carboxylic acids is 1. The summed E-state index contributed by atoms with van der Waals surface area (Å²) in [7, 11) is 1.55. The van der Waals surface area contributed by atoms with E-state index in [0.717, 1.165) is 30.4 Å². The van der Waals surface area contributed by atoms with E-state index < -0.39 is 0 Å². The summed E-state index contributed by atoms with van der Waals surface area (Å²) >= 11 is 3.36. The summed E-state index contributed by atoms with van der Waals surface area (Å²) in [5.41, 5.74) is 0.542. The molecule has 1 aliphatic rings. The number of rotatable bonds is 4. The normalized spacial score (nSPS) is 16.2. The fraction of sp³-hybridized carbons (Fsp3) is 0.467. The number of nitrogens with zero attached hydrogens (tertiary/aromatic N) is 2. The Morgan fingerprint density at radius 1 is 1.52 bits per heavy atom. The molecule has 1 saturated heterocycles. The molecule has 1 aliphatic heterocycles. The van der Waals surface area contributed by atoms with Crippen LogP contribution in [0.25, 0.3) is 0 Å². The van der Waals surface area contributed by atoms with Crippen molar-refractivity contribution in [2.75, 3.05) is 26.7 Å². The van der Waals surface area contributed by atoms with Crippen LogP contribution in [0.15, 0.2) is 22.7 Å². The lowest BCUT2D eigenvalue weighted by Crippen LogP contribution is -2.44. The van der Waals surface area contributed by atoms with Gasteiger partial charge in [-0.25, -0.2) is 0 Å². The Hall–Kier alpha value is -1.58. The van der Waals surface area contributed by atoms with E-state index in [-0.39, 0.29) is 11.9 Å². The summed E-state index contributed by atoms with van der Waals surface area (Å²) in [5, 5.41) is 11.7. The number of nitrogens with one attached hydrogen (secondary N) is 1. The van der Waals surface area contributed by atoms with E-state index in [9.17, 15) is 4.79 Å². The molecular formula is C15H18BrN3O2. The number of amides is 1. The number of hydrogen-bond acceptors (Lipinski definition) is 4. The Morgan fingerprint density at radius 2 is 2.24 bits per heavy atom. The van der Waals surface area contributed by atoms with Gasteiger partial charge in [0.15, 0.2) is 0 Å². The van der Waals surface area contributed by atoms with Gasteiger partial charge in [0.05, 0.1) is 25.3 Å². The zero-order chi connectivity index (χ0) is 15.2. The fourth-order valence-corrected chi connectivity index (χ4v) is 2.79. The average Bonchev–Trinajstić information content (AvgIpc) is 2.49. The van der Waals surface area contributed by atoms with Crippen LogP contribution in [0.2, 0.25) is 0 Å². The molecule has 0 bridgehead atoms. The third-order valence-electron chi connectivity index (χ3n) is 3.63. The molecule has 0 aliphatic carbocycles. The molecule has 0 saturated carbocycles. The number of ether oxygens (including phenoxy) is 1. The minimum atomic E-state index is -0.113. The standard InChI is InChI=1S/C15H18BrN3O2/c1-21-14-10-11(16)2-3-13(14)15(20)18-12-4-7-19(8-5-12)9-6-17/h2-3,10,12H,4-5,7-9H2,1H3,(H,18,20). The maximum Gasteiger partial charge on any atom is 0.255 e. The molecule has 1 fully saturated rings. The van der Waals surface area contributed by atoms with E-state index in [2.05, 4.69) is 32.2 Å². The van der Waals surface area contributed by atoms with Gasteiger partial charge in [-0.2, -0.15) is 5.26 Å². The first kappa shape index (κ1) is 15.8. The largest absolute Gasteiger partial charge is 0.496 e. The molecule has 112 valence electrons. The van der Waals surface area contributed by atoms with Gasteiger partial charge in [-0.1, -0.05) is 15.9 Å². The molecule has 1 aromatic carbocycles. The van der Waals surface area contributed by atoms with Gasteiger partial charge in [0.2, 0.25) is 0 Å². The fourth-order valence-electron chi connectivity index (χ4n) is 2.45. The molecule has 0 aromatic heterocycles. The van der Waals surface area contributed by atoms with Gasteiger partial charge in [0.25, 0.3) is 5.91 Å². The van der Waals surface area contributed by atoms with Crippen molar-refractivity contribution in [3.05, 3.63) is 28.2 Å². The number of piperidine rings is 1. The second-order valence-electron chi connectivity index (χ2n) is 5.03. The summed E-state index contributed by atoms with van der Waals surface area (Å²) in [4.78, 5) is 14.4. The number of halogens is 1. The molecule has 1 heterocycles. The maximum atomic E-state index is 12.3. The van der Waals surface area contributed by atoms with Crippen molar-refractivity contribution in [1.29, 1.82) is 5.26 Å². The molecule has 0 radical (unpaired) electrons. The highest BCUT2D eigenvalue weighted by atomic mass is 79.9. The van der Waals surface area contributed by atoms with Crippen molar-refractivity contribution in [1.82, 2.24) is 10.2 Å². The van der Waals surface area contributed by atoms with Crippen LogP contribution in [0.3, 0.4) is 0 Å². The topological polar surface area (TPSA) is 65.4 Å². The summed E-state index contributed by atoms with van der Waals surface area (Å²) in [6.07, 6.45) is 1.73. The molecule has 0 atom stereocenters. The summed E-state index contributed by atoms with van der Waals surface area (Å²) in [5.74, 6) is 0.446. The van der Waals surface area contributed by atoms with Crippen molar-refractivity contribution in [3.8, 4) is 11.8 Å². The van der Waals surface area contributed by atoms with Gasteiger partial charge >= 0.3 is 0 Å². The summed E-state index contributed by atoms with van der Waals surface area (Å²) < 4.78 is 6.13. The summed E-state index contributed by atoms with van der Waals surface area (Å²) in [6.45, 7) is 2.15. The Balaban J connectivity index is 1.95. The Kier molecular flexibility index (Phi) is 5.59. The molecule has 5 nitrogen and oxygen atoms in total. The van der Waals surface area contributed by atoms with E-state index >= 15 is 0 Å². The van der Waals surface area contributed by atoms with Crippen LogP contribution in [0.4, 0.5) is 0 Å². The van der Waals surface area contributed by atoms with Gasteiger partial charge in [-0.05, 0) is 31.0 Å². The van der Waals surface area contributed by atoms with Crippen LogP contribution in [0.5, 0.6) is 5.75 Å². The van der Waals surface area contributed by atoms with E-state index in [1.54, 1.807) is 19.2 Å². The van der Waals surface area contributed by atoms with Gasteiger partial charge in [0.1, 0.15) is 5.75 Å². The second-order valence-corrected chi connectivity index (χ2v) is 5.94. The highest BCUT2D eigenvalue weighted by Crippen LogP contribution is 2.23. The van der Waals surface area contributed by atoms with Crippen LogP contribution in [0, 0.1) is 11.3 Å². The molecule has 0 spiro atoms. The molecule has 0 unspecified atom stereocenters. The number of benzene rings is 1. The highest BCUT2D eigenvalue weighted by Gasteiger charge is 2.22. The molecular weight excluding hydrogens is 334 g/mol. The first-order valence-electron chi connectivity index (χ1n) is 6.87. The van der Waals surface area contributed by atoms with E-state index in [0.29, 0.717) is 17.9 Å². The van der Waals surface area contributed by atoms with E-state index in [4.69, 9.17) is 10.00 Å². The average molecular weight is 352 g/mol. The zero-order valence-electron chi connectivity index (χ0n) is 11.9. The number of methoxy groups -OCH3 is 1. The molecule has 6 heteroatoms. The number of carbonyl (C=O) groups is 1. The molecule has 1 aromatic rings. The lowest BCUT2D eigenvalue weighted by atomic mass is 10.0.